The molecule has 10 aromatic rings. The number of rotatable bonds is 5. The quantitative estimate of drug-likeness (QED) is 0.170. The zero-order chi connectivity index (χ0) is 37.5. The topological polar surface area (TPSA) is 3.24 Å². The Hall–Kier alpha value is -7.00. The maximum Gasteiger partial charge on any atom is 0.0727 e. The molecule has 0 fully saturated rings. The van der Waals surface area contributed by atoms with E-state index in [4.69, 9.17) is 0 Å². The van der Waals surface area contributed by atoms with Crippen molar-refractivity contribution < 1.29 is 0 Å². The maximum absolute atomic E-state index is 2.50. The molecule has 9 aromatic carbocycles. The van der Waals surface area contributed by atoms with Crippen molar-refractivity contribution in [2.75, 3.05) is 4.90 Å². The van der Waals surface area contributed by atoms with Gasteiger partial charge in [0, 0.05) is 42.8 Å². The normalized spacial score (nSPS) is 14.7. The maximum atomic E-state index is 2.50. The number of benzene rings is 9. The molecule has 0 saturated heterocycles. The van der Waals surface area contributed by atoms with E-state index in [2.05, 4.69) is 217 Å². The molecule has 57 heavy (non-hydrogen) atoms. The first-order chi connectivity index (χ1) is 28.3. The fourth-order valence-corrected chi connectivity index (χ4v) is 11.1. The lowest BCUT2D eigenvalue weighted by molar-refractivity contribution is 0.794. The van der Waals surface area contributed by atoms with Gasteiger partial charge >= 0.3 is 0 Å². The van der Waals surface area contributed by atoms with E-state index < -0.39 is 5.41 Å². The van der Waals surface area contributed by atoms with Crippen LogP contribution in [0.1, 0.15) is 22.3 Å². The SMILES string of the molecule is c1ccc(-c2cccc(N(c3ccccc3)c3ccc4c(c3)C3(c5cc(-c6ccccc6)ccc5-4)c4ccccc4-c4c3ccc3c4sc4ccccc43)c2)cc1. The average molecular weight is 742 g/mol. The summed E-state index contributed by atoms with van der Waals surface area (Å²) in [5, 5.41) is 2.66. The summed E-state index contributed by atoms with van der Waals surface area (Å²) in [5.74, 6) is 0. The lowest BCUT2D eigenvalue weighted by Gasteiger charge is -2.32. The molecule has 0 bridgehead atoms. The van der Waals surface area contributed by atoms with E-state index in [9.17, 15) is 0 Å². The molecule has 1 spiro atoms. The Bertz CT molecular complexity index is 3180. The van der Waals surface area contributed by atoms with Crippen LogP contribution in [0, 0.1) is 0 Å². The smallest absolute Gasteiger partial charge is 0.0727 e. The van der Waals surface area contributed by atoms with Crippen molar-refractivity contribution in [1.82, 2.24) is 0 Å². The Kier molecular flexibility index (Phi) is 7.08. The van der Waals surface area contributed by atoms with Crippen molar-refractivity contribution in [3.8, 4) is 44.5 Å². The molecule has 2 aliphatic rings. The molecular formula is C55H35NS. The van der Waals surface area contributed by atoms with Crippen LogP contribution >= 0.6 is 11.3 Å². The van der Waals surface area contributed by atoms with Crippen LogP contribution in [0.5, 0.6) is 0 Å². The fraction of sp³-hybridized carbons (Fsp3) is 0.0182. The summed E-state index contributed by atoms with van der Waals surface area (Å²) in [7, 11) is 0. The van der Waals surface area contributed by atoms with E-state index in [0.29, 0.717) is 0 Å². The van der Waals surface area contributed by atoms with Crippen molar-refractivity contribution in [3.63, 3.8) is 0 Å². The predicted octanol–water partition coefficient (Wildman–Crippen LogP) is 15.2. The average Bonchev–Trinajstić information content (AvgIpc) is 3.91. The van der Waals surface area contributed by atoms with Crippen LogP contribution in [0.4, 0.5) is 17.1 Å². The van der Waals surface area contributed by atoms with Crippen molar-refractivity contribution in [1.29, 1.82) is 0 Å². The first-order valence-electron chi connectivity index (χ1n) is 19.7. The van der Waals surface area contributed by atoms with Gasteiger partial charge in [-0.2, -0.15) is 0 Å². The first-order valence-corrected chi connectivity index (χ1v) is 20.5. The number of fused-ring (bicyclic) bond motifs is 14. The highest BCUT2D eigenvalue weighted by Crippen LogP contribution is 2.65. The highest BCUT2D eigenvalue weighted by Gasteiger charge is 2.52. The van der Waals surface area contributed by atoms with Gasteiger partial charge in [0.1, 0.15) is 0 Å². The first kappa shape index (κ1) is 32.3. The minimum absolute atomic E-state index is 0.518. The lowest BCUT2D eigenvalue weighted by atomic mass is 9.70. The summed E-state index contributed by atoms with van der Waals surface area (Å²) >= 11 is 1.93. The van der Waals surface area contributed by atoms with Gasteiger partial charge in [-0.1, -0.05) is 164 Å². The van der Waals surface area contributed by atoms with Crippen LogP contribution in [0.3, 0.4) is 0 Å². The molecule has 1 unspecified atom stereocenters. The highest BCUT2D eigenvalue weighted by atomic mass is 32.1. The number of nitrogens with zero attached hydrogens (tertiary/aromatic N) is 1. The van der Waals surface area contributed by atoms with Gasteiger partial charge in [0.25, 0.3) is 0 Å². The zero-order valence-corrected chi connectivity index (χ0v) is 31.9. The fourth-order valence-electron chi connectivity index (χ4n) is 9.86. The monoisotopic (exact) mass is 741 g/mol. The molecule has 12 rings (SSSR count). The minimum Gasteiger partial charge on any atom is -0.310 e. The number of para-hydroxylation sites is 1. The predicted molar refractivity (Wildman–Crippen MR) is 241 cm³/mol. The van der Waals surface area contributed by atoms with Gasteiger partial charge in [-0.3, -0.25) is 0 Å². The molecule has 2 aliphatic carbocycles. The Balaban J connectivity index is 1.16. The summed E-state index contributed by atoms with van der Waals surface area (Å²) in [5.41, 5.74) is 18.4. The van der Waals surface area contributed by atoms with Gasteiger partial charge in [0.15, 0.2) is 0 Å². The van der Waals surface area contributed by atoms with Gasteiger partial charge in [0.05, 0.1) is 5.41 Å². The molecule has 0 aliphatic heterocycles. The molecule has 0 radical (unpaired) electrons. The second-order valence-electron chi connectivity index (χ2n) is 15.2. The lowest BCUT2D eigenvalue weighted by Crippen LogP contribution is -2.26. The van der Waals surface area contributed by atoms with Gasteiger partial charge in [0.2, 0.25) is 0 Å². The van der Waals surface area contributed by atoms with Gasteiger partial charge < -0.3 is 4.90 Å². The molecule has 0 saturated carbocycles. The van der Waals surface area contributed by atoms with E-state index in [-0.39, 0.29) is 0 Å². The van der Waals surface area contributed by atoms with E-state index in [0.717, 1.165) is 17.1 Å². The Morgan fingerprint density at radius 1 is 0.333 bits per heavy atom. The Morgan fingerprint density at radius 3 is 1.72 bits per heavy atom. The van der Waals surface area contributed by atoms with Gasteiger partial charge in [-0.15, -0.1) is 11.3 Å². The van der Waals surface area contributed by atoms with Crippen LogP contribution in [-0.2, 0) is 5.41 Å². The minimum atomic E-state index is -0.518. The van der Waals surface area contributed by atoms with Crippen LogP contribution in [-0.4, -0.2) is 0 Å². The zero-order valence-electron chi connectivity index (χ0n) is 31.1. The molecule has 266 valence electrons. The third-order valence-electron chi connectivity index (χ3n) is 12.3. The molecule has 2 heteroatoms. The van der Waals surface area contributed by atoms with Crippen molar-refractivity contribution in [2.45, 2.75) is 5.41 Å². The second-order valence-corrected chi connectivity index (χ2v) is 16.3. The standard InChI is InChI=1S/C55H35NS/c1-4-15-36(16-5-1)38-19-14-22-41(33-38)56(40-20-8-3-9-21-40)42-28-30-44-43-29-27-39(37-17-6-2-7-18-37)34-50(43)55(51(44)35-42)48-25-12-10-24-47(48)53-49(55)32-31-46-45-23-11-13-26-52(45)57-54(46)53/h1-35H. The molecule has 1 nitrogen and oxygen atoms in total. The van der Waals surface area contributed by atoms with E-state index >= 15 is 0 Å². The molecule has 0 amide bonds. The summed E-state index contributed by atoms with van der Waals surface area (Å²) in [6.45, 7) is 0. The van der Waals surface area contributed by atoms with Gasteiger partial charge in [-0.25, -0.2) is 0 Å². The Labute approximate surface area is 336 Å². The van der Waals surface area contributed by atoms with Crippen LogP contribution in [0.2, 0.25) is 0 Å². The summed E-state index contributed by atoms with van der Waals surface area (Å²) in [6, 6.07) is 78.6. The van der Waals surface area contributed by atoms with Crippen LogP contribution in [0.25, 0.3) is 64.7 Å². The summed E-state index contributed by atoms with van der Waals surface area (Å²) in [6.07, 6.45) is 0. The number of anilines is 3. The third-order valence-corrected chi connectivity index (χ3v) is 13.5. The molecule has 1 atom stereocenters. The molecular weight excluding hydrogens is 707 g/mol. The van der Waals surface area contributed by atoms with E-state index in [1.165, 1.54) is 86.9 Å². The van der Waals surface area contributed by atoms with E-state index in [1.807, 2.05) is 11.3 Å². The second kappa shape index (κ2) is 12.5. The van der Waals surface area contributed by atoms with Gasteiger partial charge in [-0.05, 0) is 110 Å². The number of thiophene rings is 1. The molecule has 1 aromatic heterocycles. The summed E-state index contributed by atoms with van der Waals surface area (Å²) < 4.78 is 2.70. The molecule has 1 heterocycles. The van der Waals surface area contributed by atoms with Crippen molar-refractivity contribution in [3.05, 3.63) is 235 Å². The molecule has 0 N–H and O–H groups in total. The third kappa shape index (κ3) is 4.68. The highest BCUT2D eigenvalue weighted by molar-refractivity contribution is 7.26. The number of hydrogen-bond donors (Lipinski definition) is 0. The van der Waals surface area contributed by atoms with Crippen LogP contribution in [0.15, 0.2) is 212 Å². The summed E-state index contributed by atoms with van der Waals surface area (Å²) in [4.78, 5) is 2.43. The van der Waals surface area contributed by atoms with Crippen molar-refractivity contribution in [2.24, 2.45) is 0 Å². The van der Waals surface area contributed by atoms with E-state index in [1.54, 1.807) is 0 Å². The largest absolute Gasteiger partial charge is 0.310 e. The Morgan fingerprint density at radius 2 is 0.930 bits per heavy atom. The van der Waals surface area contributed by atoms with Crippen LogP contribution < -0.4 is 4.90 Å². The number of hydrogen-bond acceptors (Lipinski definition) is 2. The van der Waals surface area contributed by atoms with Crippen molar-refractivity contribution >= 4 is 48.6 Å².